The number of sulfonamides is 1. The van der Waals surface area contributed by atoms with Gasteiger partial charge in [0.1, 0.15) is 12.4 Å². The zero-order chi connectivity index (χ0) is 18.3. The molecule has 2 rings (SSSR count). The molecule has 1 heterocycles. The number of nitrogens with zero attached hydrogens (tertiary/aromatic N) is 1. The zero-order valence-electron chi connectivity index (χ0n) is 13.7. The second-order valence-electron chi connectivity index (χ2n) is 4.74. The van der Waals surface area contributed by atoms with Crippen LogP contribution in [0.25, 0.3) is 0 Å². The summed E-state index contributed by atoms with van der Waals surface area (Å²) in [5.74, 6) is 5.31. The molecular formula is C17H17NO5S2. The van der Waals surface area contributed by atoms with Gasteiger partial charge < -0.3 is 9.47 Å². The van der Waals surface area contributed by atoms with Crippen molar-refractivity contribution < 1.29 is 22.7 Å². The average molecular weight is 379 g/mol. The summed E-state index contributed by atoms with van der Waals surface area (Å²) in [6.45, 7) is 1.93. The van der Waals surface area contributed by atoms with E-state index in [0.29, 0.717) is 5.75 Å². The van der Waals surface area contributed by atoms with Crippen LogP contribution < -0.4 is 4.74 Å². The van der Waals surface area contributed by atoms with Crippen molar-refractivity contribution in [2.75, 3.05) is 13.7 Å². The van der Waals surface area contributed by atoms with Gasteiger partial charge in [-0.2, -0.15) is 0 Å². The van der Waals surface area contributed by atoms with E-state index >= 15 is 0 Å². The lowest BCUT2D eigenvalue weighted by atomic mass is 10.3. The Bertz CT molecular complexity index is 832. The predicted octanol–water partition coefficient (Wildman–Crippen LogP) is 2.35. The van der Waals surface area contributed by atoms with E-state index in [9.17, 15) is 13.2 Å². The first kappa shape index (κ1) is 19.0. The fraction of sp³-hybridized carbons (Fsp3) is 0.235. The predicted molar refractivity (Wildman–Crippen MR) is 96.1 cm³/mol. The number of rotatable bonds is 5. The van der Waals surface area contributed by atoms with Gasteiger partial charge in [0, 0.05) is 6.20 Å². The molecule has 0 radical (unpaired) electrons. The fourth-order valence-electron chi connectivity index (χ4n) is 1.99. The maximum atomic E-state index is 12.9. The number of carbonyl (C=O) groups is 1. The Morgan fingerprint density at radius 2 is 2.00 bits per heavy atom. The third kappa shape index (κ3) is 4.59. The van der Waals surface area contributed by atoms with Crippen molar-refractivity contribution in [2.24, 2.45) is 0 Å². The van der Waals surface area contributed by atoms with E-state index in [1.807, 2.05) is 0 Å². The highest BCUT2D eigenvalue weighted by molar-refractivity contribution is 8.04. The molecule has 0 amide bonds. The number of hydrogen-bond donors (Lipinski definition) is 0. The molecule has 6 nitrogen and oxygen atoms in total. The molecule has 1 aliphatic rings. The molecular weight excluding hydrogens is 362 g/mol. The number of carbonyl (C=O) groups excluding carboxylic acids is 1. The first-order valence-electron chi connectivity index (χ1n) is 7.23. The Morgan fingerprint density at radius 3 is 2.64 bits per heavy atom. The van der Waals surface area contributed by atoms with Gasteiger partial charge in [0.05, 0.1) is 12.0 Å². The Labute approximate surface area is 151 Å². The molecule has 132 valence electrons. The summed E-state index contributed by atoms with van der Waals surface area (Å²) in [5, 5.41) is 3.22. The van der Waals surface area contributed by atoms with E-state index in [0.717, 1.165) is 4.31 Å². The summed E-state index contributed by atoms with van der Waals surface area (Å²) in [5.41, 5.74) is 0. The molecule has 1 atom stereocenters. The number of benzene rings is 1. The molecule has 0 spiro atoms. The van der Waals surface area contributed by atoms with E-state index in [1.165, 1.54) is 43.3 Å². The lowest BCUT2D eigenvalue weighted by Crippen LogP contribution is -2.40. The largest absolute Gasteiger partial charge is 0.481 e. The van der Waals surface area contributed by atoms with Crippen LogP contribution in [0, 0.1) is 11.8 Å². The SMILES string of the molecule is CC#CCOc1ccc(S(=O)(=O)N2C=CSC=CC2C(=O)OC)cc1. The molecule has 8 heteroatoms. The summed E-state index contributed by atoms with van der Waals surface area (Å²) in [7, 11) is -2.72. The molecule has 1 unspecified atom stereocenters. The second-order valence-corrected chi connectivity index (χ2v) is 7.40. The molecule has 0 fully saturated rings. The molecule has 1 aliphatic heterocycles. The Hall–Kier alpha value is -2.37. The highest BCUT2D eigenvalue weighted by atomic mass is 32.2. The van der Waals surface area contributed by atoms with Gasteiger partial charge in [-0.1, -0.05) is 5.92 Å². The van der Waals surface area contributed by atoms with Crippen molar-refractivity contribution in [1.82, 2.24) is 4.31 Å². The minimum atomic E-state index is -3.93. The smallest absolute Gasteiger partial charge is 0.333 e. The Kier molecular flexibility index (Phi) is 6.56. The molecule has 0 N–H and O–H groups in total. The number of methoxy groups -OCH3 is 1. The Balaban J connectivity index is 2.30. The van der Waals surface area contributed by atoms with Gasteiger partial charge >= 0.3 is 5.97 Å². The second kappa shape index (κ2) is 8.65. The van der Waals surface area contributed by atoms with Crippen molar-refractivity contribution in [3.05, 3.63) is 47.4 Å². The summed E-state index contributed by atoms with van der Waals surface area (Å²) >= 11 is 1.27. The average Bonchev–Trinajstić information content (AvgIpc) is 2.88. The van der Waals surface area contributed by atoms with Gasteiger partial charge in [-0.25, -0.2) is 13.2 Å². The standard InChI is InChI=1S/C17H17NO5S2/c1-3-4-11-23-14-5-7-15(8-6-14)25(20,21)18-10-13-24-12-9-16(18)17(19)22-2/h5-10,12-13,16H,11H2,1-2H3. The number of hydrogen-bond acceptors (Lipinski definition) is 6. The number of ether oxygens (including phenoxy) is 2. The summed E-state index contributed by atoms with van der Waals surface area (Å²) in [6, 6.07) is 4.88. The number of esters is 1. The van der Waals surface area contributed by atoms with E-state index in [-0.39, 0.29) is 11.5 Å². The third-order valence-electron chi connectivity index (χ3n) is 3.23. The normalized spacial score (nSPS) is 16.6. The van der Waals surface area contributed by atoms with Gasteiger partial charge in [0.15, 0.2) is 6.04 Å². The van der Waals surface area contributed by atoms with Crippen LogP contribution in [0.5, 0.6) is 5.75 Å². The van der Waals surface area contributed by atoms with Crippen LogP contribution in [0.1, 0.15) is 6.92 Å². The fourth-order valence-corrected chi connectivity index (χ4v) is 4.00. The van der Waals surface area contributed by atoms with Gasteiger partial charge in [0.25, 0.3) is 10.0 Å². The van der Waals surface area contributed by atoms with Gasteiger partial charge in [-0.05, 0) is 48.1 Å². The van der Waals surface area contributed by atoms with Crippen LogP contribution >= 0.6 is 11.8 Å². The molecule has 1 aromatic rings. The van der Waals surface area contributed by atoms with E-state index in [2.05, 4.69) is 11.8 Å². The molecule has 0 aromatic heterocycles. The lowest BCUT2D eigenvalue weighted by Gasteiger charge is -2.25. The monoisotopic (exact) mass is 379 g/mol. The molecule has 0 saturated heterocycles. The third-order valence-corrected chi connectivity index (χ3v) is 5.59. The maximum Gasteiger partial charge on any atom is 0.333 e. The Morgan fingerprint density at radius 1 is 1.28 bits per heavy atom. The molecule has 1 aromatic carbocycles. The van der Waals surface area contributed by atoms with Crippen molar-refractivity contribution in [3.63, 3.8) is 0 Å². The minimum absolute atomic E-state index is 0.0419. The first-order valence-corrected chi connectivity index (χ1v) is 9.61. The lowest BCUT2D eigenvalue weighted by molar-refractivity contribution is -0.142. The topological polar surface area (TPSA) is 72.9 Å². The summed E-state index contributed by atoms with van der Waals surface area (Å²) < 4.78 is 36.9. The molecule has 0 aliphatic carbocycles. The van der Waals surface area contributed by atoms with Gasteiger partial charge in [-0.3, -0.25) is 4.31 Å². The van der Waals surface area contributed by atoms with Crippen molar-refractivity contribution in [3.8, 4) is 17.6 Å². The quantitative estimate of drug-likeness (QED) is 0.578. The van der Waals surface area contributed by atoms with Crippen molar-refractivity contribution >= 4 is 27.8 Å². The van der Waals surface area contributed by atoms with E-state index in [1.54, 1.807) is 29.9 Å². The number of thioether (sulfide) groups is 1. The van der Waals surface area contributed by atoms with Crippen LogP contribution in [0.4, 0.5) is 0 Å². The molecule has 0 saturated carbocycles. The van der Waals surface area contributed by atoms with Gasteiger partial charge in [0.2, 0.25) is 0 Å². The highest BCUT2D eigenvalue weighted by Gasteiger charge is 2.33. The highest BCUT2D eigenvalue weighted by Crippen LogP contribution is 2.25. The van der Waals surface area contributed by atoms with Crippen LogP contribution in [0.2, 0.25) is 0 Å². The van der Waals surface area contributed by atoms with E-state index in [4.69, 9.17) is 9.47 Å². The summed E-state index contributed by atoms with van der Waals surface area (Å²) in [4.78, 5) is 12.0. The first-order chi connectivity index (χ1) is 12.0. The van der Waals surface area contributed by atoms with Crippen molar-refractivity contribution in [2.45, 2.75) is 17.9 Å². The van der Waals surface area contributed by atoms with E-state index < -0.39 is 22.0 Å². The van der Waals surface area contributed by atoms with Crippen LogP contribution in [-0.2, 0) is 19.6 Å². The van der Waals surface area contributed by atoms with Crippen LogP contribution in [0.15, 0.2) is 52.3 Å². The zero-order valence-corrected chi connectivity index (χ0v) is 15.3. The molecule has 25 heavy (non-hydrogen) atoms. The van der Waals surface area contributed by atoms with Crippen molar-refractivity contribution in [1.29, 1.82) is 0 Å². The maximum absolute atomic E-state index is 12.9. The van der Waals surface area contributed by atoms with Gasteiger partial charge in [-0.15, -0.1) is 17.7 Å². The summed E-state index contributed by atoms with van der Waals surface area (Å²) in [6.07, 6.45) is 2.83. The molecule has 0 bridgehead atoms. The minimum Gasteiger partial charge on any atom is -0.481 e. The van der Waals surface area contributed by atoms with Crippen LogP contribution in [0.3, 0.4) is 0 Å². The van der Waals surface area contributed by atoms with Crippen LogP contribution in [-0.4, -0.2) is 38.5 Å².